The first-order chi connectivity index (χ1) is 20.3. The number of benzene rings is 1. The van der Waals surface area contributed by atoms with Crippen LogP contribution in [0.3, 0.4) is 0 Å². The molecule has 2 aliphatic rings. The van der Waals surface area contributed by atoms with Crippen molar-refractivity contribution in [1.82, 2.24) is 25.5 Å². The number of aromatic amines is 1. The summed E-state index contributed by atoms with van der Waals surface area (Å²) in [6.07, 6.45) is 6.09. The minimum atomic E-state index is -1.01. The third kappa shape index (κ3) is 5.13. The fraction of sp³-hybridized carbons (Fsp3) is 0.438. The van der Waals surface area contributed by atoms with E-state index in [0.29, 0.717) is 42.1 Å². The molecule has 0 aliphatic carbocycles. The largest absolute Gasteiger partial charge is 0.423 e. The van der Waals surface area contributed by atoms with Crippen LogP contribution >= 0.6 is 0 Å². The topological polar surface area (TPSA) is 127 Å². The summed E-state index contributed by atoms with van der Waals surface area (Å²) in [6.45, 7) is 9.20. The second kappa shape index (κ2) is 11.4. The summed E-state index contributed by atoms with van der Waals surface area (Å²) in [5, 5.41) is 13.5. The van der Waals surface area contributed by atoms with Gasteiger partial charge in [-0.05, 0) is 61.8 Å². The predicted octanol–water partition coefficient (Wildman–Crippen LogP) is 5.37. The number of fused-ring (bicyclic) bond motifs is 1. The van der Waals surface area contributed by atoms with Crippen LogP contribution < -0.4 is 11.1 Å². The number of rotatable bonds is 8. The normalized spacial score (nSPS) is 20.0. The first kappa shape index (κ1) is 28.2. The number of aromatic nitrogens is 4. The van der Waals surface area contributed by atoms with Crippen LogP contribution in [0.1, 0.15) is 74.0 Å². The Morgan fingerprint density at radius 3 is 2.57 bits per heavy atom. The Kier molecular flexibility index (Phi) is 7.67. The molecule has 220 valence electrons. The van der Waals surface area contributed by atoms with Crippen LogP contribution in [0.2, 0.25) is 0 Å². The van der Waals surface area contributed by atoms with E-state index in [2.05, 4.69) is 55.6 Å². The van der Waals surface area contributed by atoms with E-state index in [-0.39, 0.29) is 29.6 Å². The molecule has 0 radical (unpaired) electrons. The molecule has 0 bridgehead atoms. The van der Waals surface area contributed by atoms with Gasteiger partial charge in [-0.25, -0.2) is 9.37 Å². The van der Waals surface area contributed by atoms with Crippen LogP contribution in [0.15, 0.2) is 52.0 Å². The molecule has 0 amide bonds. The number of aliphatic imine (C=N–C) groups is 1. The SMILES string of the molecule is Cc1nc(C2=CNC([C@H](C)Cc3c(C(N)(c4nnc(C(C)C)o4)C4CCOCC4)[nH]c4ccccc34)C=N2)ccc1F. The van der Waals surface area contributed by atoms with E-state index < -0.39 is 5.54 Å². The van der Waals surface area contributed by atoms with Crippen molar-refractivity contribution in [3.63, 3.8) is 0 Å². The monoisotopic (exact) mass is 571 g/mol. The van der Waals surface area contributed by atoms with Gasteiger partial charge in [-0.2, -0.15) is 0 Å². The molecule has 1 saturated heterocycles. The molecule has 2 aliphatic heterocycles. The second-order valence-corrected chi connectivity index (χ2v) is 11.8. The molecule has 4 aromatic rings. The van der Waals surface area contributed by atoms with E-state index in [4.69, 9.17) is 14.9 Å². The van der Waals surface area contributed by atoms with Crippen LogP contribution in [-0.4, -0.2) is 45.6 Å². The summed E-state index contributed by atoms with van der Waals surface area (Å²) in [5.41, 5.74) is 11.2. The van der Waals surface area contributed by atoms with Crippen LogP contribution in [0.4, 0.5) is 4.39 Å². The number of hydrogen-bond acceptors (Lipinski definition) is 8. The minimum Gasteiger partial charge on any atom is -0.423 e. The van der Waals surface area contributed by atoms with E-state index in [1.165, 1.54) is 6.07 Å². The number of ether oxygens (including phenoxy) is 1. The fourth-order valence-electron chi connectivity index (χ4n) is 6.04. The molecule has 3 aromatic heterocycles. The molecule has 6 rings (SSSR count). The van der Waals surface area contributed by atoms with Crippen LogP contribution in [0.25, 0.3) is 16.6 Å². The number of nitrogens with one attached hydrogen (secondary N) is 2. The summed E-state index contributed by atoms with van der Waals surface area (Å²) >= 11 is 0. The lowest BCUT2D eigenvalue weighted by molar-refractivity contribution is 0.0389. The number of nitrogens with two attached hydrogens (primary N) is 1. The molecular formula is C32H38FN7O2. The molecule has 5 heterocycles. The zero-order valence-corrected chi connectivity index (χ0v) is 24.5. The average Bonchev–Trinajstić information content (AvgIpc) is 3.66. The second-order valence-electron chi connectivity index (χ2n) is 11.8. The van der Waals surface area contributed by atoms with Crippen molar-refractivity contribution in [3.05, 3.63) is 82.8 Å². The highest BCUT2D eigenvalue weighted by atomic mass is 19.1. The smallest absolute Gasteiger partial charge is 0.242 e. The summed E-state index contributed by atoms with van der Waals surface area (Å²) in [5.74, 6) is 0.988. The third-order valence-electron chi connectivity index (χ3n) is 8.59. The zero-order valence-electron chi connectivity index (χ0n) is 24.5. The quantitative estimate of drug-likeness (QED) is 0.260. The van der Waals surface area contributed by atoms with Crippen LogP contribution in [-0.2, 0) is 16.7 Å². The number of nitrogens with zero attached hydrogens (tertiary/aromatic N) is 4. The third-order valence-corrected chi connectivity index (χ3v) is 8.59. The van der Waals surface area contributed by atoms with E-state index >= 15 is 0 Å². The Morgan fingerprint density at radius 2 is 1.88 bits per heavy atom. The van der Waals surface area contributed by atoms with E-state index in [1.807, 2.05) is 32.3 Å². The number of halogens is 1. The number of pyridine rings is 1. The van der Waals surface area contributed by atoms with Gasteiger partial charge < -0.3 is 25.2 Å². The van der Waals surface area contributed by atoms with Crippen molar-refractivity contribution in [1.29, 1.82) is 0 Å². The van der Waals surface area contributed by atoms with Gasteiger partial charge in [0, 0.05) is 48.1 Å². The van der Waals surface area contributed by atoms with Crippen molar-refractivity contribution >= 4 is 22.8 Å². The Labute approximate surface area is 244 Å². The molecule has 1 fully saturated rings. The van der Waals surface area contributed by atoms with Gasteiger partial charge in [-0.1, -0.05) is 39.0 Å². The Bertz CT molecular complexity index is 1630. The van der Waals surface area contributed by atoms with Gasteiger partial charge >= 0.3 is 0 Å². The minimum absolute atomic E-state index is 0.0250. The van der Waals surface area contributed by atoms with Crippen molar-refractivity contribution in [2.45, 2.75) is 64.5 Å². The Hall–Kier alpha value is -3.89. The maximum absolute atomic E-state index is 13.7. The molecule has 3 atom stereocenters. The first-order valence-corrected chi connectivity index (χ1v) is 14.7. The summed E-state index contributed by atoms with van der Waals surface area (Å²) < 4.78 is 25.7. The highest BCUT2D eigenvalue weighted by molar-refractivity contribution is 5.85. The van der Waals surface area contributed by atoms with Crippen molar-refractivity contribution in [2.75, 3.05) is 13.2 Å². The predicted molar refractivity (Wildman–Crippen MR) is 160 cm³/mol. The van der Waals surface area contributed by atoms with Crippen molar-refractivity contribution < 1.29 is 13.5 Å². The Balaban J connectivity index is 1.35. The average molecular weight is 572 g/mol. The van der Waals surface area contributed by atoms with Gasteiger partial charge in [-0.15, -0.1) is 10.2 Å². The molecule has 0 saturated carbocycles. The van der Waals surface area contributed by atoms with Gasteiger partial charge in [0.2, 0.25) is 11.8 Å². The maximum atomic E-state index is 13.7. The number of para-hydroxylation sites is 1. The molecule has 0 spiro atoms. The summed E-state index contributed by atoms with van der Waals surface area (Å²) in [7, 11) is 0. The van der Waals surface area contributed by atoms with Crippen molar-refractivity contribution in [3.8, 4) is 0 Å². The van der Waals surface area contributed by atoms with Crippen molar-refractivity contribution in [2.24, 2.45) is 22.6 Å². The number of hydrogen-bond donors (Lipinski definition) is 3. The van der Waals surface area contributed by atoms with E-state index in [9.17, 15) is 4.39 Å². The maximum Gasteiger partial charge on any atom is 0.242 e. The molecule has 2 unspecified atom stereocenters. The summed E-state index contributed by atoms with van der Waals surface area (Å²) in [6, 6.07) is 11.3. The molecule has 10 heteroatoms. The zero-order chi connectivity index (χ0) is 29.4. The number of H-pyrrole nitrogens is 1. The number of aryl methyl sites for hydroxylation is 1. The van der Waals surface area contributed by atoms with Gasteiger partial charge in [0.05, 0.1) is 17.4 Å². The highest BCUT2D eigenvalue weighted by Crippen LogP contribution is 2.43. The molecule has 9 nitrogen and oxygen atoms in total. The van der Waals surface area contributed by atoms with Gasteiger partial charge in [0.1, 0.15) is 17.1 Å². The molecule has 1 aromatic carbocycles. The fourth-order valence-corrected chi connectivity index (χ4v) is 6.04. The standard InChI is InChI=1S/C32H38FN7O2/c1-18(2)30-39-40-31(42-30)32(34,21-11-13-41-14-12-21)29-23(22-7-5-6-8-25(22)38-29)15-19(3)27-16-36-28(17-35-27)26-10-9-24(33)20(4)37-26/h5-10,16-19,21,27,35,38H,11-15,34H2,1-4H3/t19-,27?,32?/m1/s1. The van der Waals surface area contributed by atoms with Gasteiger partial charge in [0.15, 0.2) is 0 Å². The molecular weight excluding hydrogens is 533 g/mol. The molecule has 42 heavy (non-hydrogen) atoms. The highest BCUT2D eigenvalue weighted by Gasteiger charge is 2.47. The lowest BCUT2D eigenvalue weighted by Crippen LogP contribution is -2.49. The van der Waals surface area contributed by atoms with Crippen LogP contribution in [0.5, 0.6) is 0 Å². The first-order valence-electron chi connectivity index (χ1n) is 14.7. The molecule has 4 N–H and O–H groups in total. The van der Waals surface area contributed by atoms with E-state index in [1.54, 1.807) is 13.0 Å². The van der Waals surface area contributed by atoms with Gasteiger partial charge in [-0.3, -0.25) is 4.99 Å². The van der Waals surface area contributed by atoms with Crippen LogP contribution in [0, 0.1) is 24.6 Å². The van der Waals surface area contributed by atoms with Gasteiger partial charge in [0.25, 0.3) is 0 Å². The van der Waals surface area contributed by atoms with E-state index in [0.717, 1.165) is 41.4 Å². The lowest BCUT2D eigenvalue weighted by Gasteiger charge is -2.37. The Morgan fingerprint density at radius 1 is 1.10 bits per heavy atom. The summed E-state index contributed by atoms with van der Waals surface area (Å²) in [4.78, 5) is 12.7. The lowest BCUT2D eigenvalue weighted by atomic mass is 9.75.